The van der Waals surface area contributed by atoms with Crippen LogP contribution in [0.25, 0.3) is 0 Å². The molecule has 0 atom stereocenters. The number of benzene rings is 2. The number of halogens is 2. The van der Waals surface area contributed by atoms with Gasteiger partial charge in [0.1, 0.15) is 10.8 Å². The Labute approximate surface area is 121 Å². The predicted octanol–water partition coefficient (Wildman–Crippen LogP) is 3.73. The first-order chi connectivity index (χ1) is 9.06. The molecule has 0 bridgehead atoms. The third kappa shape index (κ3) is 3.66. The van der Waals surface area contributed by atoms with Crippen molar-refractivity contribution in [2.75, 3.05) is 5.32 Å². The summed E-state index contributed by atoms with van der Waals surface area (Å²) in [6.07, 6.45) is 0. The van der Waals surface area contributed by atoms with E-state index >= 15 is 0 Å². The van der Waals surface area contributed by atoms with Crippen molar-refractivity contribution < 1.29 is 4.39 Å². The molecule has 0 fully saturated rings. The SMILES string of the molecule is NC(=S)c1ccc(NCc2cccc(F)c2)cc1Cl. The van der Waals surface area contributed by atoms with E-state index in [1.807, 2.05) is 12.1 Å². The summed E-state index contributed by atoms with van der Waals surface area (Å²) in [5, 5.41) is 3.66. The number of nitrogens with one attached hydrogen (secondary N) is 1. The Bertz CT molecular complexity index is 616. The Kier molecular flexibility index (Phi) is 4.35. The quantitative estimate of drug-likeness (QED) is 0.844. The molecule has 0 saturated heterocycles. The smallest absolute Gasteiger partial charge is 0.123 e. The number of anilines is 1. The highest BCUT2D eigenvalue weighted by atomic mass is 35.5. The van der Waals surface area contributed by atoms with Crippen LogP contribution in [-0.2, 0) is 6.54 Å². The van der Waals surface area contributed by atoms with Crippen LogP contribution >= 0.6 is 23.8 Å². The molecule has 2 rings (SSSR count). The molecule has 2 aromatic rings. The van der Waals surface area contributed by atoms with Gasteiger partial charge in [-0.15, -0.1) is 0 Å². The van der Waals surface area contributed by atoms with Crippen LogP contribution in [0.1, 0.15) is 11.1 Å². The number of rotatable bonds is 4. The molecular weight excluding hydrogens is 283 g/mol. The lowest BCUT2D eigenvalue weighted by Gasteiger charge is -2.09. The van der Waals surface area contributed by atoms with E-state index < -0.39 is 0 Å². The van der Waals surface area contributed by atoms with Crippen molar-refractivity contribution in [1.29, 1.82) is 0 Å². The second-order valence-electron chi connectivity index (χ2n) is 4.04. The first kappa shape index (κ1) is 13.8. The normalized spacial score (nSPS) is 10.2. The standard InChI is InChI=1S/C14H12ClFN2S/c15-13-7-11(4-5-12(13)14(17)19)18-8-9-2-1-3-10(16)6-9/h1-7,18H,8H2,(H2,17,19). The van der Waals surface area contributed by atoms with Crippen LogP contribution in [0.3, 0.4) is 0 Å². The van der Waals surface area contributed by atoms with Crippen molar-refractivity contribution in [3.63, 3.8) is 0 Å². The zero-order valence-electron chi connectivity index (χ0n) is 9.99. The van der Waals surface area contributed by atoms with Gasteiger partial charge in [0.2, 0.25) is 0 Å². The molecule has 0 radical (unpaired) electrons. The van der Waals surface area contributed by atoms with Crippen LogP contribution in [0.4, 0.5) is 10.1 Å². The van der Waals surface area contributed by atoms with Crippen LogP contribution in [0.5, 0.6) is 0 Å². The molecule has 2 nitrogen and oxygen atoms in total. The average Bonchev–Trinajstić information content (AvgIpc) is 2.36. The fourth-order valence-corrected chi connectivity index (χ4v) is 2.19. The summed E-state index contributed by atoms with van der Waals surface area (Å²) in [4.78, 5) is 0.265. The lowest BCUT2D eigenvalue weighted by molar-refractivity contribution is 0.626. The third-order valence-electron chi connectivity index (χ3n) is 2.62. The molecule has 5 heteroatoms. The van der Waals surface area contributed by atoms with Crippen molar-refractivity contribution >= 4 is 34.5 Å². The van der Waals surface area contributed by atoms with E-state index in [0.29, 0.717) is 17.1 Å². The van der Waals surface area contributed by atoms with Crippen LogP contribution in [-0.4, -0.2) is 4.99 Å². The van der Waals surface area contributed by atoms with Gasteiger partial charge in [-0.3, -0.25) is 0 Å². The monoisotopic (exact) mass is 294 g/mol. The Balaban J connectivity index is 2.08. The van der Waals surface area contributed by atoms with Gasteiger partial charge in [-0.1, -0.05) is 36.0 Å². The van der Waals surface area contributed by atoms with Gasteiger partial charge in [-0.2, -0.15) is 0 Å². The van der Waals surface area contributed by atoms with E-state index in [-0.39, 0.29) is 10.8 Å². The van der Waals surface area contributed by atoms with Crippen molar-refractivity contribution in [2.45, 2.75) is 6.54 Å². The summed E-state index contributed by atoms with van der Waals surface area (Å²) >= 11 is 10.9. The lowest BCUT2D eigenvalue weighted by atomic mass is 10.2. The van der Waals surface area contributed by atoms with E-state index in [1.54, 1.807) is 18.2 Å². The van der Waals surface area contributed by atoms with Crippen LogP contribution in [0.2, 0.25) is 5.02 Å². The topological polar surface area (TPSA) is 38.0 Å². The first-order valence-corrected chi connectivity index (χ1v) is 6.42. The van der Waals surface area contributed by atoms with Crippen LogP contribution < -0.4 is 11.1 Å². The van der Waals surface area contributed by atoms with Crippen molar-refractivity contribution in [1.82, 2.24) is 0 Å². The van der Waals surface area contributed by atoms with Gasteiger partial charge < -0.3 is 11.1 Å². The molecule has 0 spiro atoms. The Hall–Kier alpha value is -1.65. The molecule has 0 amide bonds. The van der Waals surface area contributed by atoms with E-state index in [9.17, 15) is 4.39 Å². The van der Waals surface area contributed by atoms with Gasteiger partial charge in [-0.05, 0) is 35.9 Å². The van der Waals surface area contributed by atoms with Gasteiger partial charge in [0.25, 0.3) is 0 Å². The molecule has 0 aliphatic heterocycles. The third-order valence-corrected chi connectivity index (χ3v) is 3.15. The van der Waals surface area contributed by atoms with Gasteiger partial charge in [0.05, 0.1) is 5.02 Å². The van der Waals surface area contributed by atoms with Gasteiger partial charge in [-0.25, -0.2) is 4.39 Å². The molecule has 98 valence electrons. The minimum absolute atomic E-state index is 0.249. The number of hydrogen-bond acceptors (Lipinski definition) is 2. The molecular formula is C14H12ClFN2S. The highest BCUT2D eigenvalue weighted by Gasteiger charge is 2.04. The predicted molar refractivity (Wildman–Crippen MR) is 81.1 cm³/mol. The maximum absolute atomic E-state index is 13.0. The zero-order valence-corrected chi connectivity index (χ0v) is 11.6. The van der Waals surface area contributed by atoms with E-state index in [1.165, 1.54) is 12.1 Å². The largest absolute Gasteiger partial charge is 0.389 e. The van der Waals surface area contributed by atoms with Crippen molar-refractivity contribution in [3.05, 3.63) is 64.4 Å². The first-order valence-electron chi connectivity index (χ1n) is 5.64. The maximum Gasteiger partial charge on any atom is 0.123 e. The van der Waals surface area contributed by atoms with Gasteiger partial charge in [0, 0.05) is 17.8 Å². The molecule has 0 aliphatic carbocycles. The molecule has 3 N–H and O–H groups in total. The molecule has 0 saturated carbocycles. The highest BCUT2D eigenvalue weighted by molar-refractivity contribution is 7.80. The molecule has 2 aromatic carbocycles. The summed E-state index contributed by atoms with van der Waals surface area (Å²) in [5.41, 5.74) is 7.86. The fraction of sp³-hybridized carbons (Fsp3) is 0.0714. The van der Waals surface area contributed by atoms with E-state index in [2.05, 4.69) is 5.32 Å². The fourth-order valence-electron chi connectivity index (χ4n) is 1.68. The second kappa shape index (κ2) is 5.99. The van der Waals surface area contributed by atoms with Crippen LogP contribution in [0, 0.1) is 5.82 Å². The summed E-state index contributed by atoms with van der Waals surface area (Å²) in [6.45, 7) is 0.514. The Morgan fingerprint density at radius 2 is 2.05 bits per heavy atom. The van der Waals surface area contributed by atoms with E-state index in [4.69, 9.17) is 29.6 Å². The average molecular weight is 295 g/mol. The summed E-state index contributed by atoms with van der Waals surface area (Å²) in [6, 6.07) is 11.8. The zero-order chi connectivity index (χ0) is 13.8. The maximum atomic E-state index is 13.0. The number of nitrogens with two attached hydrogens (primary N) is 1. The molecule has 19 heavy (non-hydrogen) atoms. The minimum atomic E-state index is -0.249. The Morgan fingerprint density at radius 1 is 1.26 bits per heavy atom. The van der Waals surface area contributed by atoms with Crippen molar-refractivity contribution in [3.8, 4) is 0 Å². The van der Waals surface area contributed by atoms with Gasteiger partial charge >= 0.3 is 0 Å². The molecule has 0 heterocycles. The summed E-state index contributed by atoms with van der Waals surface area (Å²) in [7, 11) is 0. The Morgan fingerprint density at radius 3 is 2.68 bits per heavy atom. The van der Waals surface area contributed by atoms with Crippen molar-refractivity contribution in [2.24, 2.45) is 5.73 Å². The molecule has 0 unspecified atom stereocenters. The van der Waals surface area contributed by atoms with E-state index in [0.717, 1.165) is 11.3 Å². The molecule has 0 aromatic heterocycles. The number of hydrogen-bond donors (Lipinski definition) is 2. The molecule has 0 aliphatic rings. The summed E-state index contributed by atoms with van der Waals surface area (Å²) in [5.74, 6) is -0.249. The summed E-state index contributed by atoms with van der Waals surface area (Å²) < 4.78 is 13.0. The second-order valence-corrected chi connectivity index (χ2v) is 4.89. The minimum Gasteiger partial charge on any atom is -0.389 e. The lowest BCUT2D eigenvalue weighted by Crippen LogP contribution is -2.10. The van der Waals surface area contributed by atoms with Crippen LogP contribution in [0.15, 0.2) is 42.5 Å². The number of thiocarbonyl (C=S) groups is 1. The van der Waals surface area contributed by atoms with Gasteiger partial charge in [0.15, 0.2) is 0 Å². The highest BCUT2D eigenvalue weighted by Crippen LogP contribution is 2.21.